The van der Waals surface area contributed by atoms with Gasteiger partial charge >= 0.3 is 6.03 Å². The molecule has 0 unspecified atom stereocenters. The number of nitrogens with zero attached hydrogens (tertiary/aromatic N) is 2. The maximum absolute atomic E-state index is 13.7. The molecule has 1 fully saturated rings. The Morgan fingerprint density at radius 2 is 1.37 bits per heavy atom. The molecule has 0 radical (unpaired) electrons. The summed E-state index contributed by atoms with van der Waals surface area (Å²) in [6, 6.07) is 27.4. The van der Waals surface area contributed by atoms with E-state index in [1.807, 2.05) is 38.1 Å². The van der Waals surface area contributed by atoms with Crippen LogP contribution in [-0.4, -0.2) is 24.5 Å². The molecule has 0 atom stereocenters. The number of aryl methyl sites for hydroxylation is 1. The first-order valence-corrected chi connectivity index (χ1v) is 13.4. The van der Waals surface area contributed by atoms with Gasteiger partial charge in [0.15, 0.2) is 11.5 Å². The standard InChI is InChI=1S/C33H27ClN2O5/c1-3-40-29-20-24(19-28(34)30(29)41-21-23-12-10-11-22(2)17-23)18-27-31(37)35(25-13-6-4-7-14-25)33(39)36(32(27)38)26-15-8-5-9-16-26/h4-20H,3,21H2,1-2H3. The van der Waals surface area contributed by atoms with Crippen LogP contribution in [0.15, 0.2) is 103 Å². The summed E-state index contributed by atoms with van der Waals surface area (Å²) >= 11 is 6.65. The molecule has 0 N–H and O–H groups in total. The Hall–Kier alpha value is -4.88. The van der Waals surface area contributed by atoms with Crippen LogP contribution >= 0.6 is 11.6 Å². The number of halogens is 1. The monoisotopic (exact) mass is 566 g/mol. The van der Waals surface area contributed by atoms with Gasteiger partial charge in [-0.1, -0.05) is 77.8 Å². The zero-order valence-electron chi connectivity index (χ0n) is 22.5. The van der Waals surface area contributed by atoms with Crippen molar-refractivity contribution in [3.8, 4) is 11.5 Å². The molecule has 1 aliphatic heterocycles. The zero-order chi connectivity index (χ0) is 28.9. The first kappa shape index (κ1) is 27.7. The van der Waals surface area contributed by atoms with Crippen LogP contribution < -0.4 is 19.3 Å². The second-order valence-electron chi connectivity index (χ2n) is 9.33. The quantitative estimate of drug-likeness (QED) is 0.166. The molecule has 1 heterocycles. The number of para-hydroxylation sites is 2. The van der Waals surface area contributed by atoms with Gasteiger partial charge < -0.3 is 9.47 Å². The summed E-state index contributed by atoms with van der Waals surface area (Å²) in [6.45, 7) is 4.45. The van der Waals surface area contributed by atoms with E-state index in [-0.39, 0.29) is 17.2 Å². The largest absolute Gasteiger partial charge is 0.490 e. The number of barbiturate groups is 1. The number of urea groups is 1. The Kier molecular flexibility index (Phi) is 8.17. The van der Waals surface area contributed by atoms with Crippen molar-refractivity contribution in [2.45, 2.75) is 20.5 Å². The van der Waals surface area contributed by atoms with Crippen molar-refractivity contribution in [3.05, 3.63) is 124 Å². The normalized spacial score (nSPS) is 13.4. The minimum absolute atomic E-state index is 0.204. The van der Waals surface area contributed by atoms with Crippen molar-refractivity contribution in [1.29, 1.82) is 0 Å². The van der Waals surface area contributed by atoms with E-state index in [9.17, 15) is 14.4 Å². The molecule has 8 heteroatoms. The van der Waals surface area contributed by atoms with Crippen LogP contribution in [0, 0.1) is 6.92 Å². The highest BCUT2D eigenvalue weighted by Gasteiger charge is 2.43. The summed E-state index contributed by atoms with van der Waals surface area (Å²) in [5, 5.41) is 0.252. The summed E-state index contributed by atoms with van der Waals surface area (Å²) in [5.74, 6) is -0.768. The van der Waals surface area contributed by atoms with Crippen molar-refractivity contribution < 1.29 is 23.9 Å². The lowest BCUT2D eigenvalue weighted by atomic mass is 10.0. The van der Waals surface area contributed by atoms with Crippen LogP contribution in [0.5, 0.6) is 11.5 Å². The highest BCUT2D eigenvalue weighted by atomic mass is 35.5. The molecule has 206 valence electrons. The highest BCUT2D eigenvalue weighted by molar-refractivity contribution is 6.46. The first-order valence-electron chi connectivity index (χ1n) is 13.1. The number of amides is 4. The Bertz CT molecular complexity index is 1570. The maximum atomic E-state index is 13.7. The fourth-order valence-electron chi connectivity index (χ4n) is 4.54. The van der Waals surface area contributed by atoms with Crippen molar-refractivity contribution >= 4 is 46.9 Å². The first-order chi connectivity index (χ1) is 19.9. The van der Waals surface area contributed by atoms with E-state index in [2.05, 4.69) is 0 Å². The number of imide groups is 2. The van der Waals surface area contributed by atoms with E-state index in [0.29, 0.717) is 35.0 Å². The summed E-state index contributed by atoms with van der Waals surface area (Å²) < 4.78 is 11.9. The van der Waals surface area contributed by atoms with Crippen LogP contribution in [-0.2, 0) is 16.2 Å². The Balaban J connectivity index is 1.55. The molecule has 0 aromatic heterocycles. The lowest BCUT2D eigenvalue weighted by molar-refractivity contribution is -0.121. The molecule has 4 amide bonds. The third-order valence-corrected chi connectivity index (χ3v) is 6.67. The average Bonchev–Trinajstić information content (AvgIpc) is 2.96. The predicted octanol–water partition coefficient (Wildman–Crippen LogP) is 7.21. The summed E-state index contributed by atoms with van der Waals surface area (Å²) in [7, 11) is 0. The molecule has 4 aromatic rings. The van der Waals surface area contributed by atoms with E-state index in [1.165, 1.54) is 6.08 Å². The number of ether oxygens (including phenoxy) is 2. The molecule has 0 aliphatic carbocycles. The van der Waals surface area contributed by atoms with Gasteiger partial charge in [0, 0.05) is 0 Å². The number of anilines is 2. The lowest BCUT2D eigenvalue weighted by Gasteiger charge is -2.34. The van der Waals surface area contributed by atoms with Crippen LogP contribution in [0.25, 0.3) is 6.08 Å². The molecular weight excluding hydrogens is 540 g/mol. The van der Waals surface area contributed by atoms with Crippen LogP contribution in [0.2, 0.25) is 5.02 Å². The number of rotatable bonds is 8. The molecule has 0 bridgehead atoms. The summed E-state index contributed by atoms with van der Waals surface area (Å²) in [5.41, 5.74) is 3.00. The van der Waals surface area contributed by atoms with Crippen molar-refractivity contribution in [2.75, 3.05) is 16.4 Å². The average molecular weight is 567 g/mol. The van der Waals surface area contributed by atoms with E-state index >= 15 is 0 Å². The number of hydrogen-bond acceptors (Lipinski definition) is 5. The fourth-order valence-corrected chi connectivity index (χ4v) is 4.81. The van der Waals surface area contributed by atoms with Crippen LogP contribution in [0.3, 0.4) is 0 Å². The van der Waals surface area contributed by atoms with Gasteiger partial charge in [0.05, 0.1) is 23.0 Å². The van der Waals surface area contributed by atoms with Gasteiger partial charge in [-0.25, -0.2) is 14.6 Å². The molecule has 7 nitrogen and oxygen atoms in total. The van der Waals surface area contributed by atoms with Gasteiger partial charge in [-0.15, -0.1) is 0 Å². The second kappa shape index (κ2) is 12.1. The van der Waals surface area contributed by atoms with Gasteiger partial charge in [0.25, 0.3) is 11.8 Å². The topological polar surface area (TPSA) is 76.2 Å². The maximum Gasteiger partial charge on any atom is 0.343 e. The molecular formula is C33H27ClN2O5. The smallest absolute Gasteiger partial charge is 0.343 e. The van der Waals surface area contributed by atoms with Gasteiger partial charge in [0.1, 0.15) is 12.2 Å². The molecule has 0 spiro atoms. The van der Waals surface area contributed by atoms with E-state index in [1.54, 1.807) is 72.8 Å². The molecule has 41 heavy (non-hydrogen) atoms. The predicted molar refractivity (Wildman–Crippen MR) is 159 cm³/mol. The molecule has 1 saturated heterocycles. The number of carbonyl (C=O) groups excluding carboxylic acids is 3. The van der Waals surface area contributed by atoms with Gasteiger partial charge in [0.2, 0.25) is 0 Å². The van der Waals surface area contributed by atoms with Crippen LogP contribution in [0.4, 0.5) is 16.2 Å². The van der Waals surface area contributed by atoms with Gasteiger partial charge in [-0.05, 0) is 67.4 Å². The minimum atomic E-state index is -0.762. The van der Waals surface area contributed by atoms with Gasteiger partial charge in [-0.2, -0.15) is 0 Å². The highest BCUT2D eigenvalue weighted by Crippen LogP contribution is 2.38. The van der Waals surface area contributed by atoms with Crippen molar-refractivity contribution in [2.24, 2.45) is 0 Å². The SMILES string of the molecule is CCOc1cc(C=C2C(=O)N(c3ccccc3)C(=O)N(c3ccccc3)C2=O)cc(Cl)c1OCc1cccc(C)c1. The fraction of sp³-hybridized carbons (Fsp3) is 0.121. The van der Waals surface area contributed by atoms with E-state index < -0.39 is 17.8 Å². The van der Waals surface area contributed by atoms with Gasteiger partial charge in [-0.3, -0.25) is 9.59 Å². The Morgan fingerprint density at radius 1 is 0.756 bits per heavy atom. The molecule has 1 aliphatic rings. The van der Waals surface area contributed by atoms with E-state index in [0.717, 1.165) is 20.9 Å². The zero-order valence-corrected chi connectivity index (χ0v) is 23.3. The number of hydrogen-bond donors (Lipinski definition) is 0. The second-order valence-corrected chi connectivity index (χ2v) is 9.74. The number of benzene rings is 4. The molecule has 0 saturated carbocycles. The Morgan fingerprint density at radius 3 is 1.93 bits per heavy atom. The van der Waals surface area contributed by atoms with Crippen LogP contribution in [0.1, 0.15) is 23.6 Å². The Labute approximate surface area is 243 Å². The van der Waals surface area contributed by atoms with Crippen molar-refractivity contribution in [1.82, 2.24) is 0 Å². The summed E-state index contributed by atoms with van der Waals surface area (Å²) in [4.78, 5) is 42.9. The van der Waals surface area contributed by atoms with E-state index in [4.69, 9.17) is 21.1 Å². The summed E-state index contributed by atoms with van der Waals surface area (Å²) in [6.07, 6.45) is 1.42. The minimum Gasteiger partial charge on any atom is -0.490 e. The third kappa shape index (κ3) is 5.85. The molecule has 5 rings (SSSR count). The van der Waals surface area contributed by atoms with Crippen molar-refractivity contribution in [3.63, 3.8) is 0 Å². The molecule has 4 aromatic carbocycles. The number of carbonyl (C=O) groups is 3. The third-order valence-electron chi connectivity index (χ3n) is 6.39. The lowest BCUT2D eigenvalue weighted by Crippen LogP contribution is -2.57.